The second-order valence-electron chi connectivity index (χ2n) is 11.1. The number of anilines is 1. The van der Waals surface area contributed by atoms with Gasteiger partial charge in [-0.15, -0.1) is 13.2 Å². The average molecular weight is 620 g/mol. The largest absolute Gasteiger partial charge is 0.573 e. The van der Waals surface area contributed by atoms with Gasteiger partial charge in [0.2, 0.25) is 5.43 Å². The number of nitrogens with one attached hydrogen (secondary N) is 1. The molecule has 0 bridgehead atoms. The number of aryl methyl sites for hydroxylation is 1. The van der Waals surface area contributed by atoms with Gasteiger partial charge in [-0.3, -0.25) is 14.4 Å². The Kier molecular flexibility index (Phi) is 8.76. The van der Waals surface area contributed by atoms with Crippen LogP contribution in [0.15, 0.2) is 35.3 Å². The SMILES string of the molecule is CCOC(=O)C1CCN(c2c(F)cc3c(=O)c(C(=O)NCc4ccc(OC(F)(F)F)cc4C)cn(C4CCC4)c3c2O)CC1. The molecule has 9 nitrogen and oxygen atoms in total. The molecule has 2 aromatic carbocycles. The Morgan fingerprint density at radius 2 is 1.82 bits per heavy atom. The van der Waals surface area contributed by atoms with Crippen LogP contribution < -0.4 is 20.4 Å². The van der Waals surface area contributed by atoms with E-state index in [0.29, 0.717) is 37.1 Å². The number of nitrogens with zero attached hydrogens (tertiary/aromatic N) is 2. The number of ether oxygens (including phenoxy) is 2. The number of fused-ring (bicyclic) bond motifs is 1. The lowest BCUT2D eigenvalue weighted by atomic mass is 9.91. The van der Waals surface area contributed by atoms with Crippen molar-refractivity contribution in [3.05, 3.63) is 63.2 Å². The molecule has 5 rings (SSSR count). The topological polar surface area (TPSA) is 110 Å². The summed E-state index contributed by atoms with van der Waals surface area (Å²) < 4.78 is 63.9. The zero-order valence-electron chi connectivity index (χ0n) is 24.3. The fourth-order valence-corrected chi connectivity index (χ4v) is 5.81. The lowest BCUT2D eigenvalue weighted by molar-refractivity contribution is -0.274. The number of hydrogen-bond donors (Lipinski definition) is 2. The Labute approximate surface area is 250 Å². The van der Waals surface area contributed by atoms with Gasteiger partial charge in [0.25, 0.3) is 5.91 Å². The summed E-state index contributed by atoms with van der Waals surface area (Å²) >= 11 is 0. The van der Waals surface area contributed by atoms with E-state index in [1.165, 1.54) is 18.3 Å². The summed E-state index contributed by atoms with van der Waals surface area (Å²) in [5.74, 6) is -2.99. The van der Waals surface area contributed by atoms with Crippen molar-refractivity contribution < 1.29 is 41.7 Å². The van der Waals surface area contributed by atoms with Crippen LogP contribution in [0.2, 0.25) is 0 Å². The molecule has 2 fully saturated rings. The number of benzene rings is 2. The Balaban J connectivity index is 1.43. The number of piperidine rings is 1. The molecule has 13 heteroatoms. The molecule has 1 saturated carbocycles. The minimum Gasteiger partial charge on any atom is -0.504 e. The summed E-state index contributed by atoms with van der Waals surface area (Å²) in [4.78, 5) is 40.6. The van der Waals surface area contributed by atoms with E-state index in [4.69, 9.17) is 4.74 Å². The van der Waals surface area contributed by atoms with Crippen LogP contribution in [0.4, 0.5) is 23.2 Å². The summed E-state index contributed by atoms with van der Waals surface area (Å²) in [5, 5.41) is 13.9. The van der Waals surface area contributed by atoms with Gasteiger partial charge in [0.05, 0.1) is 23.4 Å². The molecule has 1 aliphatic heterocycles. The summed E-state index contributed by atoms with van der Waals surface area (Å²) in [6, 6.07) is 4.63. The van der Waals surface area contributed by atoms with Crippen LogP contribution in [0.1, 0.15) is 66.6 Å². The van der Waals surface area contributed by atoms with Gasteiger partial charge in [-0.2, -0.15) is 0 Å². The summed E-state index contributed by atoms with van der Waals surface area (Å²) in [7, 11) is 0. The van der Waals surface area contributed by atoms with Crippen molar-refractivity contribution in [2.45, 2.75) is 64.9 Å². The fourth-order valence-electron chi connectivity index (χ4n) is 5.81. The first-order valence-corrected chi connectivity index (χ1v) is 14.5. The summed E-state index contributed by atoms with van der Waals surface area (Å²) in [6.45, 7) is 4.08. The highest BCUT2D eigenvalue weighted by atomic mass is 19.4. The number of esters is 1. The molecule has 1 amide bonds. The Morgan fingerprint density at radius 3 is 2.41 bits per heavy atom. The van der Waals surface area contributed by atoms with Gasteiger partial charge in [-0.05, 0) is 75.3 Å². The van der Waals surface area contributed by atoms with E-state index in [1.807, 2.05) is 0 Å². The van der Waals surface area contributed by atoms with Crippen LogP contribution in [0.25, 0.3) is 10.9 Å². The first kappa shape index (κ1) is 31.1. The number of halogens is 4. The third-order valence-corrected chi connectivity index (χ3v) is 8.35. The monoisotopic (exact) mass is 619 g/mol. The van der Waals surface area contributed by atoms with E-state index < -0.39 is 35.0 Å². The lowest BCUT2D eigenvalue weighted by Gasteiger charge is -2.34. The van der Waals surface area contributed by atoms with E-state index in [0.717, 1.165) is 31.4 Å². The van der Waals surface area contributed by atoms with Gasteiger partial charge in [0.15, 0.2) is 11.6 Å². The molecule has 0 radical (unpaired) electrons. The van der Waals surface area contributed by atoms with E-state index >= 15 is 4.39 Å². The predicted molar refractivity (Wildman–Crippen MR) is 153 cm³/mol. The van der Waals surface area contributed by atoms with Gasteiger partial charge in [-0.1, -0.05) is 6.07 Å². The van der Waals surface area contributed by atoms with Crippen LogP contribution in [0.5, 0.6) is 11.5 Å². The predicted octanol–water partition coefficient (Wildman–Crippen LogP) is 5.49. The fraction of sp³-hybridized carbons (Fsp3) is 0.452. The molecular formula is C31H33F4N3O6. The lowest BCUT2D eigenvalue weighted by Crippen LogP contribution is -2.37. The number of carbonyl (C=O) groups excluding carboxylic acids is 2. The van der Waals surface area contributed by atoms with Gasteiger partial charge < -0.3 is 29.4 Å². The number of phenols is 1. The third kappa shape index (κ3) is 6.31. The molecule has 0 atom stereocenters. The Hall–Kier alpha value is -4.29. The molecule has 0 spiro atoms. The number of alkyl halides is 3. The number of amides is 1. The highest BCUT2D eigenvalue weighted by molar-refractivity contribution is 5.99. The quantitative estimate of drug-likeness (QED) is 0.254. The molecule has 3 aromatic rings. The summed E-state index contributed by atoms with van der Waals surface area (Å²) in [6.07, 6.45) is -0.240. The highest BCUT2D eigenvalue weighted by Crippen LogP contribution is 2.42. The van der Waals surface area contributed by atoms with E-state index in [1.54, 1.807) is 23.3 Å². The van der Waals surface area contributed by atoms with Crippen molar-refractivity contribution in [3.63, 3.8) is 0 Å². The van der Waals surface area contributed by atoms with Crippen molar-refractivity contribution in [3.8, 4) is 11.5 Å². The van der Waals surface area contributed by atoms with E-state index in [-0.39, 0.29) is 53.2 Å². The molecule has 44 heavy (non-hydrogen) atoms. The molecule has 2 aliphatic rings. The van der Waals surface area contributed by atoms with Crippen LogP contribution in [0.3, 0.4) is 0 Å². The maximum Gasteiger partial charge on any atom is 0.573 e. The first-order chi connectivity index (χ1) is 20.9. The van der Waals surface area contributed by atoms with Crippen LogP contribution >= 0.6 is 0 Å². The van der Waals surface area contributed by atoms with Gasteiger partial charge >= 0.3 is 12.3 Å². The zero-order valence-corrected chi connectivity index (χ0v) is 24.3. The molecular weight excluding hydrogens is 586 g/mol. The van der Waals surface area contributed by atoms with E-state index in [2.05, 4.69) is 10.1 Å². The Morgan fingerprint density at radius 1 is 1.11 bits per heavy atom. The maximum atomic E-state index is 15.6. The number of aromatic hydroxyl groups is 1. The number of carbonyl (C=O) groups is 2. The number of aromatic nitrogens is 1. The molecule has 0 unspecified atom stereocenters. The van der Waals surface area contributed by atoms with Crippen molar-refractivity contribution in [2.24, 2.45) is 5.92 Å². The normalized spacial score (nSPS) is 16.1. The minimum absolute atomic E-state index is 0.0575. The summed E-state index contributed by atoms with van der Waals surface area (Å²) in [5.41, 5.74) is 0.00633. The van der Waals surface area contributed by atoms with E-state index in [9.17, 15) is 32.7 Å². The standard InChI is InChI=1S/C31H33F4N3O6/c1-3-43-30(42)18-9-11-37(12-10-18)26-24(32)14-22-25(28(26)40)38(20-5-4-6-20)16-23(27(22)39)29(41)36-15-19-7-8-21(13-17(19)2)44-31(33,34)35/h7-8,13-14,16,18,20,40H,3-6,9-12,15H2,1-2H3,(H,36,41). The second kappa shape index (κ2) is 12.4. The second-order valence-corrected chi connectivity index (χ2v) is 11.1. The average Bonchev–Trinajstić information content (AvgIpc) is 2.92. The molecule has 236 valence electrons. The van der Waals surface area contributed by atoms with Crippen LogP contribution in [0, 0.1) is 18.7 Å². The van der Waals surface area contributed by atoms with Crippen molar-refractivity contribution >= 4 is 28.5 Å². The molecule has 2 N–H and O–H groups in total. The molecule has 1 aromatic heterocycles. The first-order valence-electron chi connectivity index (χ1n) is 14.5. The smallest absolute Gasteiger partial charge is 0.504 e. The minimum atomic E-state index is -4.84. The van der Waals surface area contributed by atoms with Crippen molar-refractivity contribution in [1.29, 1.82) is 0 Å². The maximum absolute atomic E-state index is 15.6. The van der Waals surface area contributed by atoms with Gasteiger partial charge in [0, 0.05) is 31.9 Å². The molecule has 1 saturated heterocycles. The van der Waals surface area contributed by atoms with Crippen LogP contribution in [-0.2, 0) is 16.1 Å². The number of pyridine rings is 1. The highest BCUT2D eigenvalue weighted by Gasteiger charge is 2.33. The van der Waals surface area contributed by atoms with Crippen molar-refractivity contribution in [2.75, 3.05) is 24.6 Å². The molecule has 1 aliphatic carbocycles. The molecule has 2 heterocycles. The number of rotatable bonds is 8. The number of hydrogen-bond acceptors (Lipinski definition) is 7. The van der Waals surface area contributed by atoms with Gasteiger partial charge in [-0.25, -0.2) is 4.39 Å². The zero-order chi connectivity index (χ0) is 31.8. The third-order valence-electron chi connectivity index (χ3n) is 8.35. The number of phenolic OH excluding ortho intramolecular Hbond substituents is 1. The van der Waals surface area contributed by atoms with Crippen molar-refractivity contribution in [1.82, 2.24) is 9.88 Å². The van der Waals surface area contributed by atoms with Crippen LogP contribution in [-0.4, -0.2) is 47.6 Å². The van der Waals surface area contributed by atoms with Gasteiger partial charge in [0.1, 0.15) is 17.0 Å². The Bertz CT molecular complexity index is 1640.